The van der Waals surface area contributed by atoms with Crippen LogP contribution in [-0.4, -0.2) is 50.1 Å². The molecular formula is C54H46F6O8. The van der Waals surface area contributed by atoms with E-state index in [0.29, 0.717) is 52.6 Å². The first-order valence-corrected chi connectivity index (χ1v) is 21.6. The molecule has 3 unspecified atom stereocenters. The zero-order valence-electron chi connectivity index (χ0n) is 37.4. The van der Waals surface area contributed by atoms with Gasteiger partial charge in [0.15, 0.2) is 11.6 Å². The van der Waals surface area contributed by atoms with Crippen LogP contribution in [0.4, 0.5) is 26.3 Å². The number of hydrogen-bond acceptors (Lipinski definition) is 8. The number of ether oxygens (including phenoxy) is 4. The first-order valence-electron chi connectivity index (χ1n) is 21.6. The lowest BCUT2D eigenvalue weighted by atomic mass is 9.64. The van der Waals surface area contributed by atoms with E-state index in [1.165, 1.54) is 75.6 Å². The van der Waals surface area contributed by atoms with Crippen molar-refractivity contribution in [3.8, 4) is 23.0 Å². The molecule has 2 aliphatic rings. The number of methoxy groups -OCH3 is 2. The van der Waals surface area contributed by atoms with Crippen molar-refractivity contribution >= 4 is 23.5 Å². The average molecular weight is 937 g/mol. The number of benzene rings is 6. The number of alkyl halides is 6. The lowest BCUT2D eigenvalue weighted by Crippen LogP contribution is -2.54. The highest BCUT2D eigenvalue weighted by atomic mass is 19.4. The Morgan fingerprint density at radius 2 is 0.809 bits per heavy atom. The fraction of sp³-hybridized carbons (Fsp3) is 0.259. The summed E-state index contributed by atoms with van der Waals surface area (Å²) in [5.74, 6) is 1.03. The smallest absolute Gasteiger partial charge is 0.411 e. The third kappa shape index (κ3) is 9.63. The summed E-state index contributed by atoms with van der Waals surface area (Å²) in [6, 6.07) is 34.9. The highest BCUT2D eigenvalue weighted by molar-refractivity contribution is 5.97. The van der Waals surface area contributed by atoms with Crippen LogP contribution in [0.3, 0.4) is 0 Å². The van der Waals surface area contributed by atoms with Crippen molar-refractivity contribution < 1.29 is 64.5 Å². The molecule has 2 bridgehead atoms. The van der Waals surface area contributed by atoms with Gasteiger partial charge in [-0.15, -0.1) is 0 Å². The van der Waals surface area contributed by atoms with E-state index in [2.05, 4.69) is 36.4 Å². The number of fused-ring (bicyclic) bond motifs is 2. The Kier molecular flexibility index (Phi) is 14.0. The largest absolute Gasteiger partial charge is 0.497 e. The third-order valence-corrected chi connectivity index (χ3v) is 13.0. The van der Waals surface area contributed by atoms with Gasteiger partial charge in [0.2, 0.25) is 5.41 Å². The van der Waals surface area contributed by atoms with Crippen LogP contribution in [0, 0.1) is 11.8 Å². The van der Waals surface area contributed by atoms with Crippen molar-refractivity contribution in [2.45, 2.75) is 62.7 Å². The lowest BCUT2D eigenvalue weighted by Gasteiger charge is -2.39. The van der Waals surface area contributed by atoms with E-state index >= 15 is 0 Å². The van der Waals surface area contributed by atoms with Gasteiger partial charge in [0.1, 0.15) is 23.0 Å². The van der Waals surface area contributed by atoms with Crippen molar-refractivity contribution in [1.82, 2.24) is 0 Å². The first-order chi connectivity index (χ1) is 32.3. The first kappa shape index (κ1) is 48.7. The molecule has 2 saturated carbocycles. The summed E-state index contributed by atoms with van der Waals surface area (Å²) in [6.07, 6.45) is -6.50. The molecule has 0 radical (unpaired) electrons. The number of carbonyl (C=O) groups is 4. The number of carbonyl (C=O) groups excluding carboxylic acids is 4. The Morgan fingerprint density at radius 1 is 0.471 bits per heavy atom. The second kappa shape index (κ2) is 19.6. The Labute approximate surface area is 388 Å². The fourth-order valence-corrected chi connectivity index (χ4v) is 9.52. The molecule has 68 heavy (non-hydrogen) atoms. The van der Waals surface area contributed by atoms with Crippen LogP contribution in [0.25, 0.3) is 0 Å². The number of hydrogen-bond donors (Lipinski definition) is 0. The molecule has 0 N–H and O–H groups in total. The molecule has 14 heteroatoms. The van der Waals surface area contributed by atoms with Crippen molar-refractivity contribution in [3.05, 3.63) is 190 Å². The summed E-state index contributed by atoms with van der Waals surface area (Å²) in [5, 5.41) is 0. The third-order valence-electron chi connectivity index (χ3n) is 13.0. The van der Waals surface area contributed by atoms with Crippen molar-refractivity contribution in [2.75, 3.05) is 14.2 Å². The van der Waals surface area contributed by atoms with Crippen LogP contribution in [0.15, 0.2) is 146 Å². The number of ketones is 2. The predicted molar refractivity (Wildman–Crippen MR) is 241 cm³/mol. The zero-order valence-corrected chi connectivity index (χ0v) is 37.4. The lowest BCUT2D eigenvalue weighted by molar-refractivity contribution is -0.288. The molecule has 0 saturated heterocycles. The van der Waals surface area contributed by atoms with Gasteiger partial charge in [-0.25, -0.2) is 9.59 Å². The summed E-state index contributed by atoms with van der Waals surface area (Å²) >= 11 is 0. The maximum Gasteiger partial charge on any atom is 0.411 e. The standard InChI is InChI=1S/C29H28O4.C25H18F6O4/c1-19(30)21-4-6-22(7-5-21)28(31)33-27-15-11-24(12-16-27)29(18-20-3-8-25(29)17-20)23-9-13-26(32-2)14-10-23;1-15(32)16-3-5-17(6-4-16)22(33)35-21-13-9-19(10-14-21)23(24(26,27)28,25(29,30)31)18-7-11-20(34-2)12-8-18/h4-7,9-16,20,25H,3,8,17-18H2,1-2H3;3-14H,1-2H3. The second-order valence-corrected chi connectivity index (χ2v) is 16.8. The van der Waals surface area contributed by atoms with E-state index in [-0.39, 0.29) is 34.0 Å². The van der Waals surface area contributed by atoms with E-state index in [1.54, 1.807) is 31.4 Å². The minimum Gasteiger partial charge on any atom is -0.497 e. The Bertz CT molecular complexity index is 2730. The Hall–Kier alpha value is -7.22. The van der Waals surface area contributed by atoms with E-state index in [1.807, 2.05) is 12.1 Å². The molecule has 0 aromatic heterocycles. The van der Waals surface area contributed by atoms with Gasteiger partial charge in [-0.3, -0.25) is 9.59 Å². The average Bonchev–Trinajstić information content (AvgIpc) is 3.95. The summed E-state index contributed by atoms with van der Waals surface area (Å²) in [7, 11) is 2.92. The van der Waals surface area contributed by atoms with Gasteiger partial charge in [0.05, 0.1) is 25.3 Å². The zero-order chi connectivity index (χ0) is 49.0. The van der Waals surface area contributed by atoms with Gasteiger partial charge >= 0.3 is 24.3 Å². The Balaban J connectivity index is 0.000000201. The number of Topliss-reactive ketones (excluding diaryl/α,β-unsaturated/α-hetero) is 2. The minimum atomic E-state index is -5.75. The van der Waals surface area contributed by atoms with Gasteiger partial charge in [0.25, 0.3) is 0 Å². The number of esters is 2. The quantitative estimate of drug-likeness (QED) is 0.0517. The number of halogens is 6. The van der Waals surface area contributed by atoms with Gasteiger partial charge in [0, 0.05) is 16.5 Å². The molecular weight excluding hydrogens is 891 g/mol. The molecule has 0 aliphatic heterocycles. The molecule has 0 heterocycles. The van der Waals surface area contributed by atoms with Crippen LogP contribution < -0.4 is 18.9 Å². The van der Waals surface area contributed by atoms with Crippen LogP contribution in [0.1, 0.15) is 103 Å². The van der Waals surface area contributed by atoms with Crippen LogP contribution in [-0.2, 0) is 10.8 Å². The molecule has 0 amide bonds. The van der Waals surface area contributed by atoms with Crippen LogP contribution in [0.2, 0.25) is 0 Å². The normalized spacial score (nSPS) is 17.6. The topological polar surface area (TPSA) is 105 Å². The molecule has 8 rings (SSSR count). The fourth-order valence-electron chi connectivity index (χ4n) is 9.52. The summed E-state index contributed by atoms with van der Waals surface area (Å²) in [6.45, 7) is 2.84. The van der Waals surface area contributed by atoms with Crippen molar-refractivity contribution in [2.24, 2.45) is 11.8 Å². The molecule has 2 fully saturated rings. The molecule has 0 spiro atoms. The van der Waals surface area contributed by atoms with Gasteiger partial charge in [-0.05, 0) is 140 Å². The molecule has 3 atom stereocenters. The van der Waals surface area contributed by atoms with Crippen molar-refractivity contribution in [1.29, 1.82) is 0 Å². The predicted octanol–water partition coefficient (Wildman–Crippen LogP) is 12.8. The highest BCUT2D eigenvalue weighted by Crippen LogP contribution is 2.60. The maximum atomic E-state index is 14.2. The van der Waals surface area contributed by atoms with E-state index in [9.17, 15) is 45.5 Å². The van der Waals surface area contributed by atoms with Crippen LogP contribution >= 0.6 is 0 Å². The molecule has 2 aliphatic carbocycles. The summed E-state index contributed by atoms with van der Waals surface area (Å²) in [4.78, 5) is 47.6. The maximum absolute atomic E-state index is 14.2. The van der Waals surface area contributed by atoms with E-state index < -0.39 is 40.8 Å². The van der Waals surface area contributed by atoms with Gasteiger partial charge in [-0.1, -0.05) is 79.2 Å². The SMILES string of the molecule is COc1ccc(C(c2ccc(OC(=O)c3ccc(C(C)=O)cc3)cc2)(C(F)(F)F)C(F)(F)F)cc1.COc1ccc(C2(c3ccc(OC(=O)c4ccc(C(C)=O)cc4)cc3)CC3CCC2C3)cc1. The molecule has 6 aromatic rings. The summed E-state index contributed by atoms with van der Waals surface area (Å²) < 4.78 is 106. The molecule has 352 valence electrons. The van der Waals surface area contributed by atoms with E-state index in [4.69, 9.17) is 18.9 Å². The highest BCUT2D eigenvalue weighted by Gasteiger charge is 2.72. The van der Waals surface area contributed by atoms with E-state index in [0.717, 1.165) is 42.4 Å². The monoisotopic (exact) mass is 936 g/mol. The van der Waals surface area contributed by atoms with Gasteiger partial charge < -0.3 is 18.9 Å². The second-order valence-electron chi connectivity index (χ2n) is 16.8. The minimum absolute atomic E-state index is 0.000246. The Morgan fingerprint density at radius 3 is 1.12 bits per heavy atom. The molecule has 6 aromatic carbocycles. The molecule has 8 nitrogen and oxygen atoms in total. The van der Waals surface area contributed by atoms with Gasteiger partial charge in [-0.2, -0.15) is 26.3 Å². The number of rotatable bonds is 12. The summed E-state index contributed by atoms with van der Waals surface area (Å²) in [5.41, 5.74) is -2.48. The van der Waals surface area contributed by atoms with Crippen LogP contribution in [0.5, 0.6) is 23.0 Å². The van der Waals surface area contributed by atoms with Crippen molar-refractivity contribution in [3.63, 3.8) is 0 Å².